The summed E-state index contributed by atoms with van der Waals surface area (Å²) in [5.74, 6) is -0.0810. The molecule has 24 heavy (non-hydrogen) atoms. The SMILES string of the molecule is Cc1cc(NC(=O)c2ccncn2)c(NC2CCCCC2)cc1O. The van der Waals surface area contributed by atoms with Crippen molar-refractivity contribution in [3.63, 3.8) is 0 Å². The van der Waals surface area contributed by atoms with Crippen LogP contribution in [0.3, 0.4) is 0 Å². The Bertz CT molecular complexity index is 712. The number of phenolic OH excluding ortho intramolecular Hbond substituents is 1. The van der Waals surface area contributed by atoms with Crippen LogP contribution < -0.4 is 10.6 Å². The van der Waals surface area contributed by atoms with E-state index >= 15 is 0 Å². The minimum absolute atomic E-state index is 0.216. The molecule has 3 rings (SSSR count). The van der Waals surface area contributed by atoms with E-state index in [0.29, 0.717) is 23.0 Å². The Balaban J connectivity index is 1.82. The second kappa shape index (κ2) is 7.29. The molecule has 6 nitrogen and oxygen atoms in total. The summed E-state index contributed by atoms with van der Waals surface area (Å²) in [6.45, 7) is 1.81. The van der Waals surface area contributed by atoms with Gasteiger partial charge in [0.1, 0.15) is 17.8 Å². The van der Waals surface area contributed by atoms with Gasteiger partial charge in [-0.1, -0.05) is 19.3 Å². The van der Waals surface area contributed by atoms with Gasteiger partial charge in [0.05, 0.1) is 11.4 Å². The van der Waals surface area contributed by atoms with Crippen LogP contribution in [0.5, 0.6) is 5.75 Å². The summed E-state index contributed by atoms with van der Waals surface area (Å²) in [7, 11) is 0. The number of hydrogen-bond donors (Lipinski definition) is 3. The van der Waals surface area contributed by atoms with Crippen molar-refractivity contribution in [1.82, 2.24) is 9.97 Å². The monoisotopic (exact) mass is 326 g/mol. The molecular weight excluding hydrogens is 304 g/mol. The average molecular weight is 326 g/mol. The van der Waals surface area contributed by atoms with Crippen molar-refractivity contribution in [3.8, 4) is 5.75 Å². The molecule has 126 valence electrons. The van der Waals surface area contributed by atoms with E-state index in [0.717, 1.165) is 18.5 Å². The quantitative estimate of drug-likeness (QED) is 0.749. The van der Waals surface area contributed by atoms with Crippen LogP contribution in [-0.2, 0) is 0 Å². The molecule has 1 aliphatic carbocycles. The first-order chi connectivity index (χ1) is 11.6. The van der Waals surface area contributed by atoms with Crippen LogP contribution in [0, 0.1) is 6.92 Å². The van der Waals surface area contributed by atoms with E-state index in [-0.39, 0.29) is 11.7 Å². The summed E-state index contributed by atoms with van der Waals surface area (Å²) in [4.78, 5) is 20.1. The van der Waals surface area contributed by atoms with Crippen LogP contribution in [0.4, 0.5) is 11.4 Å². The second-order valence-electron chi connectivity index (χ2n) is 6.21. The van der Waals surface area contributed by atoms with Gasteiger partial charge in [0.25, 0.3) is 5.91 Å². The van der Waals surface area contributed by atoms with E-state index in [9.17, 15) is 9.90 Å². The van der Waals surface area contributed by atoms with Crippen molar-refractivity contribution in [2.45, 2.75) is 45.1 Å². The fourth-order valence-corrected chi connectivity index (χ4v) is 3.00. The molecule has 1 aliphatic rings. The number of nitrogens with one attached hydrogen (secondary N) is 2. The molecule has 1 aromatic carbocycles. The number of rotatable bonds is 4. The van der Waals surface area contributed by atoms with Crippen LogP contribution in [0.2, 0.25) is 0 Å². The van der Waals surface area contributed by atoms with Gasteiger partial charge in [0.15, 0.2) is 0 Å². The zero-order chi connectivity index (χ0) is 16.9. The lowest BCUT2D eigenvalue weighted by molar-refractivity contribution is 0.102. The maximum absolute atomic E-state index is 12.4. The van der Waals surface area contributed by atoms with Gasteiger partial charge in [-0.2, -0.15) is 0 Å². The molecule has 0 spiro atoms. The molecule has 0 saturated heterocycles. The van der Waals surface area contributed by atoms with Crippen molar-refractivity contribution in [2.75, 3.05) is 10.6 Å². The molecular formula is C18H22N4O2. The maximum Gasteiger partial charge on any atom is 0.274 e. The fourth-order valence-electron chi connectivity index (χ4n) is 3.00. The van der Waals surface area contributed by atoms with Crippen LogP contribution in [0.15, 0.2) is 30.7 Å². The summed E-state index contributed by atoms with van der Waals surface area (Å²) in [6.07, 6.45) is 8.77. The number of amides is 1. The Labute approximate surface area is 141 Å². The van der Waals surface area contributed by atoms with Crippen molar-refractivity contribution < 1.29 is 9.90 Å². The summed E-state index contributed by atoms with van der Waals surface area (Å²) in [5.41, 5.74) is 2.41. The first kappa shape index (κ1) is 16.2. The van der Waals surface area contributed by atoms with Gasteiger partial charge < -0.3 is 15.7 Å². The fraction of sp³-hybridized carbons (Fsp3) is 0.389. The minimum Gasteiger partial charge on any atom is -0.508 e. The molecule has 2 aromatic rings. The summed E-state index contributed by atoms with van der Waals surface area (Å²) in [5, 5.41) is 16.4. The van der Waals surface area contributed by atoms with E-state index in [2.05, 4.69) is 20.6 Å². The number of phenols is 1. The number of aromatic nitrogens is 2. The highest BCUT2D eigenvalue weighted by Gasteiger charge is 2.17. The smallest absolute Gasteiger partial charge is 0.274 e. The Hall–Kier alpha value is -2.63. The van der Waals surface area contributed by atoms with E-state index in [1.165, 1.54) is 31.8 Å². The Morgan fingerprint density at radius 1 is 1.21 bits per heavy atom. The molecule has 0 bridgehead atoms. The number of carbonyl (C=O) groups excluding carboxylic acids is 1. The van der Waals surface area contributed by atoms with E-state index in [4.69, 9.17) is 0 Å². The number of aromatic hydroxyl groups is 1. The first-order valence-corrected chi connectivity index (χ1v) is 8.31. The minimum atomic E-state index is -0.297. The number of benzene rings is 1. The maximum atomic E-state index is 12.4. The molecule has 1 heterocycles. The molecule has 1 aromatic heterocycles. The van der Waals surface area contributed by atoms with Gasteiger partial charge >= 0.3 is 0 Å². The van der Waals surface area contributed by atoms with E-state index < -0.39 is 0 Å². The molecule has 0 radical (unpaired) electrons. The molecule has 0 aliphatic heterocycles. The van der Waals surface area contributed by atoms with Gasteiger partial charge in [0, 0.05) is 18.3 Å². The lowest BCUT2D eigenvalue weighted by atomic mass is 9.95. The summed E-state index contributed by atoms with van der Waals surface area (Å²) in [6, 6.07) is 5.39. The molecule has 6 heteroatoms. The summed E-state index contributed by atoms with van der Waals surface area (Å²) < 4.78 is 0. The molecule has 1 saturated carbocycles. The summed E-state index contributed by atoms with van der Waals surface area (Å²) >= 11 is 0. The Kier molecular flexibility index (Phi) is 4.93. The largest absolute Gasteiger partial charge is 0.508 e. The molecule has 3 N–H and O–H groups in total. The van der Waals surface area contributed by atoms with Crippen LogP contribution in [-0.4, -0.2) is 27.0 Å². The number of hydrogen-bond acceptors (Lipinski definition) is 5. The average Bonchev–Trinajstić information content (AvgIpc) is 2.61. The van der Waals surface area contributed by atoms with E-state index in [1.807, 2.05) is 0 Å². The third kappa shape index (κ3) is 3.82. The topological polar surface area (TPSA) is 87.1 Å². The van der Waals surface area contributed by atoms with Gasteiger partial charge in [-0.15, -0.1) is 0 Å². The normalized spacial score (nSPS) is 15.0. The predicted molar refractivity (Wildman–Crippen MR) is 93.3 cm³/mol. The van der Waals surface area contributed by atoms with Crippen LogP contribution in [0.25, 0.3) is 0 Å². The Morgan fingerprint density at radius 3 is 2.71 bits per heavy atom. The zero-order valence-corrected chi connectivity index (χ0v) is 13.7. The highest BCUT2D eigenvalue weighted by Crippen LogP contribution is 2.32. The molecule has 1 amide bonds. The Morgan fingerprint density at radius 2 is 2.00 bits per heavy atom. The van der Waals surface area contributed by atoms with Gasteiger partial charge in [-0.3, -0.25) is 4.79 Å². The molecule has 0 unspecified atom stereocenters. The third-order valence-electron chi connectivity index (χ3n) is 4.36. The zero-order valence-electron chi connectivity index (χ0n) is 13.7. The number of nitrogens with zero attached hydrogens (tertiary/aromatic N) is 2. The highest BCUT2D eigenvalue weighted by molar-refractivity contribution is 6.04. The van der Waals surface area contributed by atoms with Crippen molar-refractivity contribution in [1.29, 1.82) is 0 Å². The lowest BCUT2D eigenvalue weighted by Gasteiger charge is -2.25. The molecule has 1 fully saturated rings. The number of carbonyl (C=O) groups is 1. The number of aryl methyl sites for hydroxylation is 1. The predicted octanol–water partition coefficient (Wildman–Crippen LogP) is 3.49. The third-order valence-corrected chi connectivity index (χ3v) is 4.36. The standard InChI is InChI=1S/C18H22N4O2/c1-12-9-15(22-18(24)14-7-8-19-11-20-14)16(10-17(12)23)21-13-5-3-2-4-6-13/h7-11,13,21,23H,2-6H2,1H3,(H,22,24). The van der Waals surface area contributed by atoms with Crippen LogP contribution >= 0.6 is 0 Å². The highest BCUT2D eigenvalue weighted by atomic mass is 16.3. The molecule has 0 atom stereocenters. The first-order valence-electron chi connectivity index (χ1n) is 8.31. The number of anilines is 2. The van der Waals surface area contributed by atoms with Crippen LogP contribution in [0.1, 0.15) is 48.2 Å². The van der Waals surface area contributed by atoms with E-state index in [1.54, 1.807) is 25.1 Å². The van der Waals surface area contributed by atoms with Crippen molar-refractivity contribution in [2.24, 2.45) is 0 Å². The van der Waals surface area contributed by atoms with Crippen molar-refractivity contribution in [3.05, 3.63) is 42.0 Å². The lowest BCUT2D eigenvalue weighted by Crippen LogP contribution is -2.23. The van der Waals surface area contributed by atoms with Gasteiger partial charge in [0.2, 0.25) is 0 Å². The second-order valence-corrected chi connectivity index (χ2v) is 6.21. The van der Waals surface area contributed by atoms with Gasteiger partial charge in [-0.05, 0) is 37.5 Å². The van der Waals surface area contributed by atoms with Crippen molar-refractivity contribution >= 4 is 17.3 Å². The van der Waals surface area contributed by atoms with Gasteiger partial charge in [-0.25, -0.2) is 9.97 Å².